The number of alkyl carbamates (subject to hydrolysis) is 1. The van der Waals surface area contributed by atoms with Gasteiger partial charge in [-0.1, -0.05) is 32.0 Å². The van der Waals surface area contributed by atoms with Crippen LogP contribution >= 0.6 is 0 Å². The molecule has 2 aromatic rings. The van der Waals surface area contributed by atoms with Gasteiger partial charge in [0, 0.05) is 32.1 Å². The van der Waals surface area contributed by atoms with Crippen LogP contribution < -0.4 is 5.32 Å². The van der Waals surface area contributed by atoms with Gasteiger partial charge >= 0.3 is 35.9 Å². The van der Waals surface area contributed by atoms with E-state index in [9.17, 15) is 44.1 Å². The summed E-state index contributed by atoms with van der Waals surface area (Å²) in [5.41, 5.74) is -9.33. The van der Waals surface area contributed by atoms with Crippen molar-refractivity contribution < 1.29 is 86.5 Å². The second-order valence-corrected chi connectivity index (χ2v) is 18.4. The van der Waals surface area contributed by atoms with Crippen LogP contribution in [-0.2, 0) is 57.1 Å². The minimum absolute atomic E-state index is 0.0115. The van der Waals surface area contributed by atoms with E-state index in [1.165, 1.54) is 58.2 Å². The molecule has 4 aliphatic rings. The Morgan fingerprint density at radius 2 is 1.62 bits per heavy atom. The number of ketones is 1. The van der Waals surface area contributed by atoms with Crippen molar-refractivity contribution in [3.05, 3.63) is 71.2 Å². The number of carbonyl (C=O) groups is 7. The van der Waals surface area contributed by atoms with Crippen LogP contribution in [0.5, 0.6) is 0 Å². The highest BCUT2D eigenvalue weighted by Gasteiger charge is 2.78. The molecule has 4 N–H and O–H groups in total. The number of esters is 5. The van der Waals surface area contributed by atoms with Gasteiger partial charge in [-0.2, -0.15) is 0 Å². The van der Waals surface area contributed by atoms with Gasteiger partial charge in [-0.25, -0.2) is 19.2 Å². The molecule has 2 bridgehead atoms. The number of nitrogens with one attached hydrogen (secondary N) is 1. The number of aliphatic hydroxyl groups is 3. The summed E-state index contributed by atoms with van der Waals surface area (Å²) in [4.78, 5) is 94.8. The first kappa shape index (κ1) is 47.8. The van der Waals surface area contributed by atoms with E-state index >= 15 is 4.79 Å². The first-order valence-corrected chi connectivity index (χ1v) is 20.8. The Morgan fingerprint density at radius 1 is 0.953 bits per heavy atom. The fraction of sp³-hybridized carbons (Fsp3) is 0.578. The van der Waals surface area contributed by atoms with E-state index in [2.05, 4.69) is 5.32 Å². The summed E-state index contributed by atoms with van der Waals surface area (Å²) in [7, 11) is 0. The van der Waals surface area contributed by atoms with Crippen LogP contribution in [0, 0.1) is 16.7 Å². The Labute approximate surface area is 368 Å². The summed E-state index contributed by atoms with van der Waals surface area (Å²) >= 11 is 0. The minimum Gasteiger partial charge on any atom is -0.467 e. The van der Waals surface area contributed by atoms with E-state index in [1.807, 2.05) is 0 Å². The van der Waals surface area contributed by atoms with Gasteiger partial charge in [0.2, 0.25) is 0 Å². The van der Waals surface area contributed by atoms with E-state index < -0.39 is 138 Å². The third-order valence-corrected chi connectivity index (χ3v) is 12.9. The van der Waals surface area contributed by atoms with Gasteiger partial charge in [0.25, 0.3) is 0 Å². The largest absolute Gasteiger partial charge is 0.467 e. The highest BCUT2D eigenvalue weighted by Crippen LogP contribution is 2.64. The third-order valence-electron chi connectivity index (χ3n) is 12.9. The van der Waals surface area contributed by atoms with Crippen molar-refractivity contribution in [2.45, 2.75) is 135 Å². The van der Waals surface area contributed by atoms with E-state index in [1.54, 1.807) is 39.0 Å². The fourth-order valence-electron chi connectivity index (χ4n) is 9.83. The van der Waals surface area contributed by atoms with Crippen LogP contribution in [0.4, 0.5) is 4.79 Å². The zero-order valence-corrected chi connectivity index (χ0v) is 37.0. The molecule has 3 aliphatic carbocycles. The van der Waals surface area contributed by atoms with Crippen LogP contribution in [0.15, 0.2) is 64.3 Å². The number of benzene rings is 1. The van der Waals surface area contributed by atoms with Crippen molar-refractivity contribution >= 4 is 41.7 Å². The molecule has 3 fully saturated rings. The van der Waals surface area contributed by atoms with Gasteiger partial charge < -0.3 is 58.2 Å². The average Bonchev–Trinajstić information content (AvgIpc) is 3.74. The van der Waals surface area contributed by atoms with E-state index in [-0.39, 0.29) is 28.9 Å². The lowest BCUT2D eigenvalue weighted by Gasteiger charge is -2.67. The second kappa shape index (κ2) is 17.4. The van der Waals surface area contributed by atoms with Gasteiger partial charge in [0.1, 0.15) is 53.5 Å². The molecule has 1 amide bonds. The molecule has 11 atom stereocenters. The molecule has 2 heterocycles. The van der Waals surface area contributed by atoms with Crippen molar-refractivity contribution in [1.82, 2.24) is 5.32 Å². The van der Waals surface area contributed by atoms with Gasteiger partial charge in [0.05, 0.1) is 29.8 Å². The van der Waals surface area contributed by atoms with Gasteiger partial charge in [-0.3, -0.25) is 14.4 Å². The highest BCUT2D eigenvalue weighted by molar-refractivity contribution is 5.94. The lowest BCUT2D eigenvalue weighted by atomic mass is 9.44. The standard InChI is InChI=1S/C45H55NO18/c1-22-27(60-39(54)34(51)32(26-16-13-17-57-26)46-40(55)64-41(4,5)6)19-45(56)37(62-38(53)25-14-11-10-12-15-25)35-43(9,36(52)33(50)31(22)42(45,7)8)28(61-30(49)20-58-23(2)47)18-29-44(35,21-59-29)63-24(3)48/h10-17,27-29,32-35,37,50-51,56H,18-21H2,1-9H3,(H,46,55)/t27-,28-,29+,32-,33+,34+,35?,37-,43+,44-,45+/m0/s1. The van der Waals surface area contributed by atoms with Crippen LogP contribution in [0.3, 0.4) is 0 Å². The Kier molecular flexibility index (Phi) is 13.0. The van der Waals surface area contributed by atoms with Crippen molar-refractivity contribution in [3.8, 4) is 0 Å². The maximum absolute atomic E-state index is 15.4. The predicted molar refractivity (Wildman–Crippen MR) is 216 cm³/mol. The number of Topliss-reactive ketones (excluding diaryl/α,β-unsaturated/α-hetero) is 1. The summed E-state index contributed by atoms with van der Waals surface area (Å²) in [6, 6.07) is 8.94. The molecule has 64 heavy (non-hydrogen) atoms. The third kappa shape index (κ3) is 8.53. The van der Waals surface area contributed by atoms with Gasteiger partial charge in [-0.05, 0) is 70.0 Å². The maximum atomic E-state index is 15.4. The fourth-order valence-corrected chi connectivity index (χ4v) is 9.83. The van der Waals surface area contributed by atoms with Crippen molar-refractivity contribution in [2.75, 3.05) is 13.2 Å². The van der Waals surface area contributed by atoms with Crippen molar-refractivity contribution in [2.24, 2.45) is 16.7 Å². The summed E-state index contributed by atoms with van der Waals surface area (Å²) in [6.45, 7) is 11.5. The lowest BCUT2D eigenvalue weighted by molar-refractivity contribution is -0.346. The highest BCUT2D eigenvalue weighted by atomic mass is 16.6. The molecule has 348 valence electrons. The topological polar surface area (TPSA) is 270 Å². The zero-order chi connectivity index (χ0) is 47.3. The molecule has 19 nitrogen and oxygen atoms in total. The SMILES string of the molecule is CC(=O)OCC(=O)O[C@H]1C[C@H]2OC[C@@]2(OC(C)=O)C2[C@H](OC(=O)c3ccccc3)[C@]3(O)C[C@H](OC(=O)[C@H](O)[C@@H](NC(=O)OC(C)(C)C)c4ccco4)C(C)=C([C@@H](O)C(=O)[C@@]21C)C3(C)C. The van der Waals surface area contributed by atoms with Crippen LogP contribution in [0.1, 0.15) is 97.3 Å². The number of amides is 1. The molecule has 1 aromatic heterocycles. The molecule has 1 aromatic carbocycles. The Morgan fingerprint density at radius 3 is 2.19 bits per heavy atom. The van der Waals surface area contributed by atoms with E-state index in [0.717, 1.165) is 13.8 Å². The monoisotopic (exact) mass is 897 g/mol. The average molecular weight is 898 g/mol. The number of hydrogen-bond acceptors (Lipinski definition) is 18. The molecule has 0 spiro atoms. The Hall–Kier alpha value is -5.63. The molecule has 19 heteroatoms. The van der Waals surface area contributed by atoms with Crippen molar-refractivity contribution in [3.63, 3.8) is 0 Å². The summed E-state index contributed by atoms with van der Waals surface area (Å²) < 4.78 is 45.8. The van der Waals surface area contributed by atoms with Crippen molar-refractivity contribution in [1.29, 1.82) is 0 Å². The molecular weight excluding hydrogens is 842 g/mol. The van der Waals surface area contributed by atoms with E-state index in [4.69, 9.17) is 37.6 Å². The molecular formula is C45H55NO18. The Balaban J connectivity index is 1.52. The summed E-state index contributed by atoms with van der Waals surface area (Å²) in [5, 5.41) is 40.1. The normalized spacial score (nSPS) is 31.5. The van der Waals surface area contributed by atoms with Gasteiger partial charge in [0.15, 0.2) is 24.1 Å². The molecule has 1 aliphatic heterocycles. The summed E-state index contributed by atoms with van der Waals surface area (Å²) in [6.07, 6.45) is -11.2. The van der Waals surface area contributed by atoms with Crippen LogP contribution in [-0.4, -0.2) is 124 Å². The van der Waals surface area contributed by atoms with Crippen LogP contribution in [0.25, 0.3) is 0 Å². The number of aliphatic hydroxyl groups excluding tert-OH is 2. The number of fused-ring (bicyclic) bond motifs is 5. The molecule has 1 unspecified atom stereocenters. The molecule has 6 rings (SSSR count). The molecule has 1 saturated heterocycles. The smallest absolute Gasteiger partial charge is 0.408 e. The van der Waals surface area contributed by atoms with Gasteiger partial charge in [-0.15, -0.1) is 0 Å². The number of carbonyl (C=O) groups excluding carboxylic acids is 7. The summed E-state index contributed by atoms with van der Waals surface area (Å²) in [5.74, 6) is -7.82. The quantitative estimate of drug-likeness (QED) is 0.143. The molecule has 0 radical (unpaired) electrons. The first-order valence-electron chi connectivity index (χ1n) is 20.8. The molecule has 2 saturated carbocycles. The number of ether oxygens (including phenoxy) is 7. The minimum atomic E-state index is -2.48. The number of hydrogen-bond donors (Lipinski definition) is 4. The Bertz CT molecular complexity index is 2190. The first-order chi connectivity index (χ1) is 29.8. The zero-order valence-electron chi connectivity index (χ0n) is 37.0. The van der Waals surface area contributed by atoms with Crippen LogP contribution in [0.2, 0.25) is 0 Å². The number of rotatable bonds is 11. The second-order valence-electron chi connectivity index (χ2n) is 18.4. The maximum Gasteiger partial charge on any atom is 0.408 e. The predicted octanol–water partition coefficient (Wildman–Crippen LogP) is 2.97. The number of furan rings is 1. The van der Waals surface area contributed by atoms with E-state index in [0.29, 0.717) is 0 Å². The lowest BCUT2D eigenvalue weighted by Crippen LogP contribution is -2.82.